The second-order valence-electron chi connectivity index (χ2n) is 8.34. The number of nitrogens with one attached hydrogen (secondary N) is 1. The van der Waals surface area contributed by atoms with Gasteiger partial charge in [-0.1, -0.05) is 48.9 Å². The maximum atomic E-state index is 12.9. The molecule has 1 aliphatic rings. The number of carbonyl (C=O) groups is 1. The first-order chi connectivity index (χ1) is 14.8. The summed E-state index contributed by atoms with van der Waals surface area (Å²) in [6.45, 7) is 7.41. The standard InChI is InChI=1S/C24H33N3O3S/c1-4-23(27(31(3,29)30)22-13-7-19(2)8-14-22)24(28)25-17-20-9-11-21(12-10-20)18-26-15-5-6-16-26/h7-14,23H,4-6,15-18H2,1-3H3,(H,25,28)/t23-/m0/s1. The molecule has 0 saturated carbocycles. The van der Waals surface area contributed by atoms with Crippen LogP contribution in [0.25, 0.3) is 0 Å². The van der Waals surface area contributed by atoms with Crippen LogP contribution in [0.2, 0.25) is 0 Å². The Labute approximate surface area is 186 Å². The van der Waals surface area contributed by atoms with Gasteiger partial charge in [0.05, 0.1) is 11.9 Å². The zero-order chi connectivity index (χ0) is 22.4. The average molecular weight is 444 g/mol. The van der Waals surface area contributed by atoms with Crippen molar-refractivity contribution >= 4 is 21.6 Å². The molecule has 7 heteroatoms. The molecule has 0 spiro atoms. The molecule has 0 aromatic heterocycles. The van der Waals surface area contributed by atoms with Gasteiger partial charge in [-0.05, 0) is 62.5 Å². The fourth-order valence-corrected chi connectivity index (χ4v) is 5.23. The van der Waals surface area contributed by atoms with Gasteiger partial charge in [0, 0.05) is 13.1 Å². The summed E-state index contributed by atoms with van der Waals surface area (Å²) in [5.74, 6) is -0.297. The van der Waals surface area contributed by atoms with Gasteiger partial charge in [0.25, 0.3) is 0 Å². The molecule has 1 saturated heterocycles. The van der Waals surface area contributed by atoms with Gasteiger partial charge in [0.2, 0.25) is 15.9 Å². The van der Waals surface area contributed by atoms with E-state index in [9.17, 15) is 13.2 Å². The molecule has 1 N–H and O–H groups in total. The van der Waals surface area contributed by atoms with Crippen LogP contribution in [0, 0.1) is 6.92 Å². The van der Waals surface area contributed by atoms with Crippen molar-refractivity contribution in [2.45, 2.75) is 52.2 Å². The molecule has 1 aliphatic heterocycles. The van der Waals surface area contributed by atoms with Crippen molar-refractivity contribution in [3.63, 3.8) is 0 Å². The highest BCUT2D eigenvalue weighted by Crippen LogP contribution is 2.23. The molecule has 6 nitrogen and oxygen atoms in total. The molecule has 1 atom stereocenters. The third-order valence-corrected chi connectivity index (χ3v) is 6.89. The van der Waals surface area contributed by atoms with E-state index < -0.39 is 16.1 Å². The Balaban J connectivity index is 1.66. The number of amides is 1. The lowest BCUT2D eigenvalue weighted by molar-refractivity contribution is -0.122. The highest BCUT2D eigenvalue weighted by atomic mass is 32.2. The Morgan fingerprint density at radius 2 is 1.61 bits per heavy atom. The van der Waals surface area contributed by atoms with Crippen LogP contribution in [-0.2, 0) is 27.9 Å². The molecule has 168 valence electrons. The Morgan fingerprint density at radius 3 is 2.16 bits per heavy atom. The van der Waals surface area contributed by atoms with E-state index in [1.807, 2.05) is 38.1 Å². The van der Waals surface area contributed by atoms with Crippen molar-refractivity contribution in [2.75, 3.05) is 23.7 Å². The molecule has 1 amide bonds. The average Bonchev–Trinajstić information content (AvgIpc) is 3.24. The van der Waals surface area contributed by atoms with Crippen LogP contribution in [0.15, 0.2) is 48.5 Å². The normalized spacial score (nSPS) is 15.6. The third kappa shape index (κ3) is 6.31. The van der Waals surface area contributed by atoms with Crippen LogP contribution in [0.5, 0.6) is 0 Å². The van der Waals surface area contributed by atoms with Crippen LogP contribution in [0.3, 0.4) is 0 Å². The van der Waals surface area contributed by atoms with Crippen LogP contribution in [0.4, 0.5) is 5.69 Å². The van der Waals surface area contributed by atoms with E-state index in [0.29, 0.717) is 18.7 Å². The van der Waals surface area contributed by atoms with Crippen molar-refractivity contribution in [3.05, 3.63) is 65.2 Å². The van der Waals surface area contributed by atoms with E-state index >= 15 is 0 Å². The number of rotatable bonds is 9. The van der Waals surface area contributed by atoms with E-state index in [-0.39, 0.29) is 5.91 Å². The fourth-order valence-electron chi connectivity index (χ4n) is 4.02. The van der Waals surface area contributed by atoms with Gasteiger partial charge in [0.1, 0.15) is 6.04 Å². The number of sulfonamides is 1. The summed E-state index contributed by atoms with van der Waals surface area (Å²) in [6.07, 6.45) is 4.06. The number of nitrogens with zero attached hydrogens (tertiary/aromatic N) is 2. The molecule has 1 fully saturated rings. The summed E-state index contributed by atoms with van der Waals surface area (Å²) in [4.78, 5) is 15.4. The van der Waals surface area contributed by atoms with E-state index in [1.165, 1.54) is 22.7 Å². The lowest BCUT2D eigenvalue weighted by Crippen LogP contribution is -2.49. The van der Waals surface area contributed by atoms with Crippen LogP contribution >= 0.6 is 0 Å². The van der Waals surface area contributed by atoms with E-state index in [0.717, 1.165) is 37.0 Å². The molecule has 2 aromatic rings. The quantitative estimate of drug-likeness (QED) is 0.644. The largest absolute Gasteiger partial charge is 0.350 e. The Hall–Kier alpha value is -2.38. The van der Waals surface area contributed by atoms with Crippen molar-refractivity contribution in [1.29, 1.82) is 0 Å². The van der Waals surface area contributed by atoms with Gasteiger partial charge in [-0.2, -0.15) is 0 Å². The Morgan fingerprint density at radius 1 is 1.03 bits per heavy atom. The molecular formula is C24H33N3O3S. The maximum absolute atomic E-state index is 12.9. The number of carbonyl (C=O) groups excluding carboxylic acids is 1. The number of likely N-dealkylation sites (tertiary alicyclic amines) is 1. The minimum atomic E-state index is -3.62. The SMILES string of the molecule is CC[C@@H](C(=O)NCc1ccc(CN2CCCC2)cc1)N(c1ccc(C)cc1)S(C)(=O)=O. The Bertz CT molecular complexity index is 966. The number of aryl methyl sites for hydroxylation is 1. The molecule has 1 heterocycles. The van der Waals surface area contributed by atoms with E-state index in [1.54, 1.807) is 12.1 Å². The zero-order valence-corrected chi connectivity index (χ0v) is 19.5. The topological polar surface area (TPSA) is 69.7 Å². The van der Waals surface area contributed by atoms with E-state index in [2.05, 4.69) is 22.3 Å². The number of benzene rings is 2. The van der Waals surface area contributed by atoms with Crippen molar-refractivity contribution in [2.24, 2.45) is 0 Å². The first kappa shape index (κ1) is 23.3. The smallest absolute Gasteiger partial charge is 0.244 e. The highest BCUT2D eigenvalue weighted by molar-refractivity contribution is 7.92. The predicted molar refractivity (Wildman–Crippen MR) is 125 cm³/mol. The summed E-state index contributed by atoms with van der Waals surface area (Å²) in [5.41, 5.74) is 3.80. The molecular weight excluding hydrogens is 410 g/mol. The van der Waals surface area contributed by atoms with Gasteiger partial charge < -0.3 is 5.32 Å². The number of hydrogen-bond donors (Lipinski definition) is 1. The lowest BCUT2D eigenvalue weighted by Gasteiger charge is -2.30. The molecule has 0 bridgehead atoms. The first-order valence-corrected chi connectivity index (χ1v) is 12.8. The van der Waals surface area contributed by atoms with Crippen LogP contribution < -0.4 is 9.62 Å². The summed E-state index contributed by atoms with van der Waals surface area (Å²) in [6, 6.07) is 14.6. The minimum Gasteiger partial charge on any atom is -0.350 e. The molecule has 3 rings (SSSR count). The van der Waals surface area contributed by atoms with Gasteiger partial charge in [0.15, 0.2) is 0 Å². The number of anilines is 1. The maximum Gasteiger partial charge on any atom is 0.244 e. The molecule has 0 unspecified atom stereocenters. The first-order valence-electron chi connectivity index (χ1n) is 10.9. The second-order valence-corrected chi connectivity index (χ2v) is 10.2. The second kappa shape index (κ2) is 10.3. The van der Waals surface area contributed by atoms with Gasteiger partial charge in [-0.25, -0.2) is 8.42 Å². The molecule has 0 aliphatic carbocycles. The highest BCUT2D eigenvalue weighted by Gasteiger charge is 2.31. The number of hydrogen-bond acceptors (Lipinski definition) is 4. The minimum absolute atomic E-state index is 0.297. The summed E-state index contributed by atoms with van der Waals surface area (Å²) in [7, 11) is -3.62. The summed E-state index contributed by atoms with van der Waals surface area (Å²) < 4.78 is 26.3. The monoisotopic (exact) mass is 443 g/mol. The van der Waals surface area contributed by atoms with E-state index in [4.69, 9.17) is 0 Å². The fraction of sp³-hybridized carbons (Fsp3) is 0.458. The summed E-state index contributed by atoms with van der Waals surface area (Å²) in [5, 5.41) is 2.92. The third-order valence-electron chi connectivity index (χ3n) is 5.71. The zero-order valence-electron chi connectivity index (χ0n) is 18.7. The van der Waals surface area contributed by atoms with Crippen molar-refractivity contribution in [3.8, 4) is 0 Å². The van der Waals surface area contributed by atoms with Gasteiger partial charge in [-0.3, -0.25) is 14.0 Å². The predicted octanol–water partition coefficient (Wildman–Crippen LogP) is 3.45. The summed E-state index contributed by atoms with van der Waals surface area (Å²) >= 11 is 0. The molecule has 2 aromatic carbocycles. The van der Waals surface area contributed by atoms with Gasteiger partial charge >= 0.3 is 0 Å². The van der Waals surface area contributed by atoms with Crippen molar-refractivity contribution < 1.29 is 13.2 Å². The Kier molecular flexibility index (Phi) is 7.73. The lowest BCUT2D eigenvalue weighted by atomic mass is 10.1. The molecule has 0 radical (unpaired) electrons. The molecule has 31 heavy (non-hydrogen) atoms. The van der Waals surface area contributed by atoms with Crippen LogP contribution in [-0.4, -0.2) is 44.6 Å². The van der Waals surface area contributed by atoms with Crippen LogP contribution in [0.1, 0.15) is 42.9 Å². The van der Waals surface area contributed by atoms with Gasteiger partial charge in [-0.15, -0.1) is 0 Å². The van der Waals surface area contributed by atoms with Crippen molar-refractivity contribution in [1.82, 2.24) is 10.2 Å².